The topological polar surface area (TPSA) is 46.9 Å². The summed E-state index contributed by atoms with van der Waals surface area (Å²) in [5.41, 5.74) is 0. The molecule has 1 atom stereocenters. The molecule has 19 heavy (non-hydrogen) atoms. The van der Waals surface area contributed by atoms with Crippen LogP contribution in [0, 0.1) is 6.57 Å². The quantitative estimate of drug-likeness (QED) is 0.266. The molecule has 0 heterocycles. The van der Waals surface area contributed by atoms with Crippen LogP contribution in [0.2, 0.25) is 0 Å². The van der Waals surface area contributed by atoms with Gasteiger partial charge in [0, 0.05) is 20.3 Å². The van der Waals surface area contributed by atoms with Crippen molar-refractivity contribution in [3.05, 3.63) is 11.4 Å². The van der Waals surface area contributed by atoms with Gasteiger partial charge in [-0.3, -0.25) is 0 Å². The monoisotopic (exact) mass is 305 g/mol. The Morgan fingerprint density at radius 1 is 1.21 bits per heavy atom. The van der Waals surface area contributed by atoms with Gasteiger partial charge in [-0.2, -0.15) is 0 Å². The molecule has 0 fully saturated rings. The first-order chi connectivity index (χ1) is 9.20. The van der Waals surface area contributed by atoms with Gasteiger partial charge in [0.05, 0.1) is 6.61 Å². The molecule has 0 rings (SSSR count). The smallest absolute Gasteiger partial charge is 0.238 e. The van der Waals surface area contributed by atoms with Crippen LogP contribution in [0.1, 0.15) is 25.7 Å². The third-order valence-electron chi connectivity index (χ3n) is 2.33. The summed E-state index contributed by atoms with van der Waals surface area (Å²) >= 11 is 4.97. The first-order valence-corrected chi connectivity index (χ1v) is 8.52. The minimum atomic E-state index is -0.812. The van der Waals surface area contributed by atoms with E-state index < -0.39 is 8.38 Å². The second-order valence-electron chi connectivity index (χ2n) is 3.91. The Morgan fingerprint density at radius 2 is 1.89 bits per heavy atom. The zero-order valence-electron chi connectivity index (χ0n) is 11.8. The van der Waals surface area contributed by atoms with Crippen molar-refractivity contribution in [1.29, 1.82) is 0 Å². The summed E-state index contributed by atoms with van der Waals surface area (Å²) < 4.78 is 10.9. The second-order valence-corrected chi connectivity index (χ2v) is 5.71. The number of hydrogen-bond acceptors (Lipinski definition) is 3. The van der Waals surface area contributed by atoms with Crippen molar-refractivity contribution >= 4 is 25.7 Å². The Labute approximate surface area is 123 Å². The van der Waals surface area contributed by atoms with Gasteiger partial charge in [0.2, 0.25) is 6.54 Å². The maximum Gasteiger partial charge on any atom is 0.238 e. The van der Waals surface area contributed by atoms with Crippen LogP contribution >= 0.6 is 20.6 Å². The van der Waals surface area contributed by atoms with Crippen molar-refractivity contribution in [2.45, 2.75) is 25.7 Å². The average molecular weight is 305 g/mol. The molecule has 5 nitrogen and oxygen atoms in total. The van der Waals surface area contributed by atoms with Crippen LogP contribution in [-0.4, -0.2) is 45.1 Å². The minimum Gasteiger partial charge on any atom is -0.366 e. The zero-order chi connectivity index (χ0) is 14.3. The molecule has 0 saturated heterocycles. The van der Waals surface area contributed by atoms with Crippen molar-refractivity contribution < 1.29 is 9.05 Å². The van der Waals surface area contributed by atoms with E-state index in [0.717, 1.165) is 32.4 Å². The first-order valence-electron chi connectivity index (χ1n) is 6.49. The van der Waals surface area contributed by atoms with Crippen molar-refractivity contribution in [3.8, 4) is 0 Å². The lowest BCUT2D eigenvalue weighted by Gasteiger charge is -2.11. The third-order valence-corrected chi connectivity index (χ3v) is 3.77. The molecule has 110 valence electrons. The fourth-order valence-electron chi connectivity index (χ4n) is 1.32. The molecule has 0 aromatic heterocycles. The number of thiocarbonyl (C=S) groups is 1. The highest BCUT2D eigenvalue weighted by Gasteiger charge is 2.03. The standard InChI is InChI=1S/C12H24N3O2PS/c1-13-9-11-17-18(3)16-10-7-5-4-6-8-15-12(19)14-2/h4-11H2,2-3H3,(H2,14,15,19). The molecule has 2 N–H and O–H groups in total. The Kier molecular flexibility index (Phi) is 13.6. The third kappa shape index (κ3) is 13.8. The van der Waals surface area contributed by atoms with Crippen LogP contribution in [0.3, 0.4) is 0 Å². The van der Waals surface area contributed by atoms with Crippen molar-refractivity contribution in [2.24, 2.45) is 0 Å². The van der Waals surface area contributed by atoms with E-state index >= 15 is 0 Å². The fraction of sp³-hybridized carbons (Fsp3) is 0.833. The van der Waals surface area contributed by atoms with E-state index in [-0.39, 0.29) is 0 Å². The molecule has 0 aliphatic carbocycles. The van der Waals surface area contributed by atoms with E-state index in [1.165, 1.54) is 6.42 Å². The van der Waals surface area contributed by atoms with Gasteiger partial charge in [-0.1, -0.05) is 12.8 Å². The molecule has 0 aromatic rings. The SMILES string of the molecule is [C-]#[N+]CCOP(C)OCCCCCCNC(=S)NC. The lowest BCUT2D eigenvalue weighted by Crippen LogP contribution is -2.32. The predicted molar refractivity (Wildman–Crippen MR) is 84.3 cm³/mol. The van der Waals surface area contributed by atoms with Crippen molar-refractivity contribution in [3.63, 3.8) is 0 Å². The van der Waals surface area contributed by atoms with E-state index in [0.29, 0.717) is 18.3 Å². The Hall–Kier alpha value is -0.470. The summed E-state index contributed by atoms with van der Waals surface area (Å²) in [6.45, 7) is 11.1. The van der Waals surface area contributed by atoms with Crippen LogP contribution in [0.4, 0.5) is 0 Å². The van der Waals surface area contributed by atoms with Crippen molar-refractivity contribution in [2.75, 3.05) is 40.0 Å². The predicted octanol–water partition coefficient (Wildman–Crippen LogP) is 2.53. The summed E-state index contributed by atoms with van der Waals surface area (Å²) in [7, 11) is 1.00. The highest BCUT2D eigenvalue weighted by molar-refractivity contribution is 7.80. The molecule has 1 unspecified atom stereocenters. The summed E-state index contributed by atoms with van der Waals surface area (Å²) in [6.07, 6.45) is 4.49. The Balaban J connectivity index is 3.18. The van der Waals surface area contributed by atoms with Crippen LogP contribution < -0.4 is 10.6 Å². The Bertz CT molecular complexity index is 274. The summed E-state index contributed by atoms with van der Waals surface area (Å²) in [5.74, 6) is 0. The van der Waals surface area contributed by atoms with Crippen LogP contribution in [0.5, 0.6) is 0 Å². The fourth-order valence-corrected chi connectivity index (χ4v) is 2.22. The summed E-state index contributed by atoms with van der Waals surface area (Å²) in [5, 5.41) is 6.70. The van der Waals surface area contributed by atoms with Gasteiger partial charge >= 0.3 is 0 Å². The van der Waals surface area contributed by atoms with Gasteiger partial charge in [-0.15, -0.1) is 0 Å². The van der Waals surface area contributed by atoms with Crippen molar-refractivity contribution in [1.82, 2.24) is 10.6 Å². The van der Waals surface area contributed by atoms with E-state index in [1.54, 1.807) is 0 Å². The maximum absolute atomic E-state index is 6.63. The van der Waals surface area contributed by atoms with Crippen LogP contribution in [-0.2, 0) is 9.05 Å². The molecule has 0 spiro atoms. The molecule has 0 bridgehead atoms. The lowest BCUT2D eigenvalue weighted by molar-refractivity contribution is 0.255. The lowest BCUT2D eigenvalue weighted by atomic mass is 10.2. The molecule has 0 aromatic carbocycles. The van der Waals surface area contributed by atoms with E-state index in [1.807, 2.05) is 13.7 Å². The molecule has 0 aliphatic rings. The number of unbranched alkanes of at least 4 members (excludes halogenated alkanes) is 3. The van der Waals surface area contributed by atoms with Gasteiger partial charge < -0.3 is 24.5 Å². The number of hydrogen-bond donors (Lipinski definition) is 2. The molecule has 0 saturated carbocycles. The summed E-state index contributed by atoms with van der Waals surface area (Å²) in [4.78, 5) is 3.22. The molecule has 7 heteroatoms. The Morgan fingerprint density at radius 3 is 2.58 bits per heavy atom. The average Bonchev–Trinajstić information content (AvgIpc) is 2.41. The molecular weight excluding hydrogens is 281 g/mol. The van der Waals surface area contributed by atoms with Gasteiger partial charge in [0.15, 0.2) is 13.5 Å². The van der Waals surface area contributed by atoms with Gasteiger partial charge in [-0.25, -0.2) is 6.57 Å². The number of nitrogens with zero attached hydrogens (tertiary/aromatic N) is 1. The highest BCUT2D eigenvalue weighted by Crippen LogP contribution is 2.33. The van der Waals surface area contributed by atoms with E-state index in [4.69, 9.17) is 27.8 Å². The van der Waals surface area contributed by atoms with E-state index in [9.17, 15) is 0 Å². The highest BCUT2D eigenvalue weighted by atomic mass is 32.1. The molecule has 0 aliphatic heterocycles. The number of rotatable bonds is 11. The molecular formula is C12H24N3O2PS. The minimum absolute atomic E-state index is 0.414. The van der Waals surface area contributed by atoms with E-state index in [2.05, 4.69) is 15.5 Å². The zero-order valence-corrected chi connectivity index (χ0v) is 13.5. The van der Waals surface area contributed by atoms with Crippen LogP contribution in [0.15, 0.2) is 0 Å². The van der Waals surface area contributed by atoms with Crippen LogP contribution in [0.25, 0.3) is 4.85 Å². The van der Waals surface area contributed by atoms with Gasteiger partial charge in [0.25, 0.3) is 0 Å². The first kappa shape index (κ1) is 18.5. The van der Waals surface area contributed by atoms with Gasteiger partial charge in [-0.05, 0) is 25.1 Å². The summed E-state index contributed by atoms with van der Waals surface area (Å²) in [6, 6.07) is 0. The molecule has 0 radical (unpaired) electrons. The normalized spacial score (nSPS) is 11.6. The maximum atomic E-state index is 6.63. The molecule has 0 amide bonds. The second kappa shape index (κ2) is 14.0. The largest absolute Gasteiger partial charge is 0.366 e. The number of nitrogens with one attached hydrogen (secondary N) is 2. The van der Waals surface area contributed by atoms with Gasteiger partial charge in [0.1, 0.15) is 6.61 Å².